The minimum Gasteiger partial charge on any atom is -0.341 e. The van der Waals surface area contributed by atoms with Crippen LogP contribution in [0.15, 0.2) is 43.1 Å². The minimum absolute atomic E-state index is 0.416. The van der Waals surface area contributed by atoms with E-state index in [-0.39, 0.29) is 0 Å². The predicted octanol–water partition coefficient (Wildman–Crippen LogP) is 5.22. The van der Waals surface area contributed by atoms with Crippen LogP contribution in [0.1, 0.15) is 43.6 Å². The molecule has 4 heteroatoms. The molecule has 3 nitrogen and oxygen atoms in total. The van der Waals surface area contributed by atoms with Gasteiger partial charge in [-0.05, 0) is 31.9 Å². The van der Waals surface area contributed by atoms with Crippen LogP contribution in [0.25, 0.3) is 11.3 Å². The van der Waals surface area contributed by atoms with Crippen LogP contribution in [0.2, 0.25) is 0 Å². The number of aryl methyl sites for hydroxylation is 1. The van der Waals surface area contributed by atoms with Crippen LogP contribution in [-0.4, -0.2) is 39.0 Å². The molecule has 2 unspecified atom stereocenters. The summed E-state index contributed by atoms with van der Waals surface area (Å²) in [4.78, 5) is 10.9. The third-order valence-electron chi connectivity index (χ3n) is 4.88. The van der Waals surface area contributed by atoms with E-state index in [0.717, 1.165) is 23.8 Å². The normalized spacial score (nSPS) is 19.7. The zero-order valence-corrected chi connectivity index (χ0v) is 16.2. The number of benzene rings is 1. The number of piperidine rings is 1. The fourth-order valence-corrected chi connectivity index (χ4v) is 4.28. The first-order valence-electron chi connectivity index (χ1n) is 9.26. The molecule has 1 fully saturated rings. The Bertz CT molecular complexity index is 677. The Kier molecular flexibility index (Phi) is 6.38. The molecule has 1 aromatic carbocycles. The lowest BCUT2D eigenvalue weighted by atomic mass is 10.0. The Balaban J connectivity index is 1.72. The second-order valence-electron chi connectivity index (χ2n) is 6.99. The molecule has 1 saturated heterocycles. The lowest BCUT2D eigenvalue weighted by Gasteiger charge is -2.36. The monoisotopic (exact) mass is 355 g/mol. The summed E-state index contributed by atoms with van der Waals surface area (Å²) in [5, 5.41) is 0.616. The highest BCUT2D eigenvalue weighted by atomic mass is 32.2. The van der Waals surface area contributed by atoms with E-state index in [9.17, 15) is 0 Å². The summed E-state index contributed by atoms with van der Waals surface area (Å²) >= 11 is 1.98. The van der Waals surface area contributed by atoms with Crippen molar-refractivity contribution in [2.75, 3.05) is 18.8 Å². The van der Waals surface area contributed by atoms with Crippen LogP contribution in [0.5, 0.6) is 0 Å². The van der Waals surface area contributed by atoms with E-state index < -0.39 is 0 Å². The van der Waals surface area contributed by atoms with Crippen LogP contribution in [0, 0.1) is 6.92 Å². The topological polar surface area (TPSA) is 31.9 Å². The Morgan fingerprint density at radius 1 is 1.36 bits per heavy atom. The number of thioether (sulfide) groups is 1. The van der Waals surface area contributed by atoms with Gasteiger partial charge in [0.05, 0.1) is 17.9 Å². The van der Waals surface area contributed by atoms with Crippen LogP contribution < -0.4 is 0 Å². The average molecular weight is 356 g/mol. The quantitative estimate of drug-likeness (QED) is 0.691. The van der Waals surface area contributed by atoms with Gasteiger partial charge in [-0.2, -0.15) is 11.8 Å². The second kappa shape index (κ2) is 8.72. The molecule has 1 aromatic heterocycles. The van der Waals surface area contributed by atoms with Gasteiger partial charge in [0.1, 0.15) is 5.82 Å². The lowest BCUT2D eigenvalue weighted by Crippen LogP contribution is -2.37. The molecule has 1 aliphatic heterocycles. The maximum atomic E-state index is 4.74. The highest BCUT2D eigenvalue weighted by Gasteiger charge is 2.27. The minimum atomic E-state index is 0.416. The number of aromatic nitrogens is 2. The molecule has 0 amide bonds. The smallest absolute Gasteiger partial charge is 0.123 e. The van der Waals surface area contributed by atoms with Gasteiger partial charge in [-0.25, -0.2) is 4.98 Å². The number of H-pyrrole nitrogens is 1. The molecule has 0 bridgehead atoms. The highest BCUT2D eigenvalue weighted by molar-refractivity contribution is 8.00. The molecule has 2 aromatic rings. The molecular formula is C21H29N3S. The van der Waals surface area contributed by atoms with Crippen molar-refractivity contribution >= 4 is 11.8 Å². The van der Waals surface area contributed by atoms with E-state index in [1.165, 1.54) is 36.9 Å². The Labute approximate surface area is 155 Å². The van der Waals surface area contributed by atoms with Gasteiger partial charge in [0, 0.05) is 17.5 Å². The van der Waals surface area contributed by atoms with E-state index in [0.29, 0.717) is 11.3 Å². The van der Waals surface area contributed by atoms with Gasteiger partial charge in [-0.3, -0.25) is 4.90 Å². The number of hydrogen-bond acceptors (Lipinski definition) is 3. The average Bonchev–Trinajstić information content (AvgIpc) is 3.11. The van der Waals surface area contributed by atoms with Crippen molar-refractivity contribution in [2.45, 2.75) is 44.4 Å². The van der Waals surface area contributed by atoms with Gasteiger partial charge in [-0.15, -0.1) is 6.58 Å². The van der Waals surface area contributed by atoms with E-state index in [2.05, 4.69) is 54.6 Å². The maximum Gasteiger partial charge on any atom is 0.123 e. The van der Waals surface area contributed by atoms with Crippen LogP contribution in [0.4, 0.5) is 0 Å². The number of nitrogens with one attached hydrogen (secondary N) is 1. The summed E-state index contributed by atoms with van der Waals surface area (Å²) in [5.74, 6) is 2.15. The van der Waals surface area contributed by atoms with E-state index in [1.807, 2.05) is 24.0 Å². The van der Waals surface area contributed by atoms with Crippen molar-refractivity contribution in [3.63, 3.8) is 0 Å². The third-order valence-corrected chi connectivity index (χ3v) is 6.02. The van der Waals surface area contributed by atoms with E-state index in [1.54, 1.807) is 0 Å². The van der Waals surface area contributed by atoms with E-state index in [4.69, 9.17) is 4.98 Å². The van der Waals surface area contributed by atoms with Crippen LogP contribution in [0.3, 0.4) is 0 Å². The molecule has 2 atom stereocenters. The number of imidazole rings is 1. The zero-order valence-electron chi connectivity index (χ0n) is 15.4. The first-order chi connectivity index (χ1) is 12.2. The molecular weight excluding hydrogens is 326 g/mol. The standard InChI is InChI=1S/C21H29N3S/c1-4-13-25-17(3)15-24-12-6-5-7-20(24)21-22-14-19(23-21)18-10-8-16(2)9-11-18/h4,8-11,14,17,20H,1,5-7,12-13,15H2,2-3H3,(H,22,23). The van der Waals surface area contributed by atoms with Gasteiger partial charge in [0.15, 0.2) is 0 Å². The number of likely N-dealkylation sites (tertiary alicyclic amines) is 1. The molecule has 1 N–H and O–H groups in total. The second-order valence-corrected chi connectivity index (χ2v) is 8.46. The molecule has 0 spiro atoms. The fraction of sp³-hybridized carbons (Fsp3) is 0.476. The zero-order chi connectivity index (χ0) is 17.6. The lowest BCUT2D eigenvalue weighted by molar-refractivity contribution is 0.145. The first-order valence-corrected chi connectivity index (χ1v) is 10.3. The predicted molar refractivity (Wildman–Crippen MR) is 109 cm³/mol. The van der Waals surface area contributed by atoms with Crippen molar-refractivity contribution in [3.05, 3.63) is 54.5 Å². The van der Waals surface area contributed by atoms with Gasteiger partial charge in [0.25, 0.3) is 0 Å². The SMILES string of the molecule is C=CCSC(C)CN1CCCCC1c1ncc(-c2ccc(C)cc2)[nH]1. The molecule has 3 rings (SSSR count). The summed E-state index contributed by atoms with van der Waals surface area (Å²) in [6.07, 6.45) is 7.76. The Morgan fingerprint density at radius 3 is 2.92 bits per heavy atom. The fourth-order valence-electron chi connectivity index (χ4n) is 3.52. The largest absolute Gasteiger partial charge is 0.341 e. The van der Waals surface area contributed by atoms with Crippen molar-refractivity contribution in [2.24, 2.45) is 0 Å². The summed E-state index contributed by atoms with van der Waals surface area (Å²) in [6, 6.07) is 9.06. The molecule has 2 heterocycles. The molecule has 0 saturated carbocycles. The van der Waals surface area contributed by atoms with Crippen molar-refractivity contribution in [1.29, 1.82) is 0 Å². The number of rotatable bonds is 7. The van der Waals surface area contributed by atoms with Crippen molar-refractivity contribution in [3.8, 4) is 11.3 Å². The summed E-state index contributed by atoms with van der Waals surface area (Å²) in [5.41, 5.74) is 3.61. The molecule has 0 aliphatic carbocycles. The van der Waals surface area contributed by atoms with Gasteiger partial charge in [0.2, 0.25) is 0 Å². The van der Waals surface area contributed by atoms with E-state index >= 15 is 0 Å². The Morgan fingerprint density at radius 2 is 2.16 bits per heavy atom. The van der Waals surface area contributed by atoms with Gasteiger partial charge in [-0.1, -0.05) is 49.2 Å². The number of hydrogen-bond donors (Lipinski definition) is 1. The van der Waals surface area contributed by atoms with Crippen LogP contribution >= 0.6 is 11.8 Å². The highest BCUT2D eigenvalue weighted by Crippen LogP contribution is 2.31. The summed E-state index contributed by atoms with van der Waals surface area (Å²) in [7, 11) is 0. The summed E-state index contributed by atoms with van der Waals surface area (Å²) < 4.78 is 0. The molecule has 0 radical (unpaired) electrons. The maximum absolute atomic E-state index is 4.74. The van der Waals surface area contributed by atoms with Crippen molar-refractivity contribution < 1.29 is 0 Å². The van der Waals surface area contributed by atoms with Crippen LogP contribution in [-0.2, 0) is 0 Å². The summed E-state index contributed by atoms with van der Waals surface area (Å²) in [6.45, 7) is 10.6. The molecule has 134 valence electrons. The van der Waals surface area contributed by atoms with Crippen molar-refractivity contribution in [1.82, 2.24) is 14.9 Å². The van der Waals surface area contributed by atoms with Gasteiger partial charge >= 0.3 is 0 Å². The number of nitrogens with zero attached hydrogens (tertiary/aromatic N) is 2. The van der Waals surface area contributed by atoms with Gasteiger partial charge < -0.3 is 4.98 Å². The third kappa shape index (κ3) is 4.77. The Hall–Kier alpha value is -1.52. The molecule has 25 heavy (non-hydrogen) atoms. The molecule has 1 aliphatic rings. The first kappa shape index (κ1) is 18.3. The number of aromatic amines is 1.